The van der Waals surface area contributed by atoms with E-state index in [0.717, 1.165) is 18.1 Å². The summed E-state index contributed by atoms with van der Waals surface area (Å²) in [5, 5.41) is 9.31. The van der Waals surface area contributed by atoms with Crippen LogP contribution in [0, 0.1) is 5.82 Å². The second-order valence-corrected chi connectivity index (χ2v) is 4.14. The maximum Gasteiger partial charge on any atom is 0.259 e. The van der Waals surface area contributed by atoms with Crippen LogP contribution in [0.25, 0.3) is 0 Å². The highest BCUT2D eigenvalue weighted by Crippen LogP contribution is 2.17. The fourth-order valence-electron chi connectivity index (χ4n) is 1.54. The van der Waals surface area contributed by atoms with Crippen LogP contribution in [-0.2, 0) is 6.42 Å². The highest BCUT2D eigenvalue weighted by Gasteiger charge is 2.14. The van der Waals surface area contributed by atoms with Gasteiger partial charge in [0.2, 0.25) is 0 Å². The molecular weight excluding hydrogens is 257 g/mol. The monoisotopic (exact) mass is 267 g/mol. The number of anilines is 1. The SMILES string of the molecule is CCc1cn[nH]c1NC(=O)c1ccc(Cl)cc1F. The van der Waals surface area contributed by atoms with Crippen molar-refractivity contribution in [3.8, 4) is 0 Å². The number of H-pyrrole nitrogens is 1. The highest BCUT2D eigenvalue weighted by molar-refractivity contribution is 6.30. The third-order valence-electron chi connectivity index (χ3n) is 2.51. The molecule has 0 spiro atoms. The van der Waals surface area contributed by atoms with E-state index in [0.29, 0.717) is 5.82 Å². The molecule has 0 atom stereocenters. The second kappa shape index (κ2) is 5.18. The first-order valence-corrected chi connectivity index (χ1v) is 5.78. The number of nitrogens with one attached hydrogen (secondary N) is 2. The first-order valence-electron chi connectivity index (χ1n) is 5.40. The molecule has 0 radical (unpaired) electrons. The van der Waals surface area contributed by atoms with Crippen LogP contribution < -0.4 is 5.32 Å². The molecule has 2 aromatic rings. The van der Waals surface area contributed by atoms with Crippen LogP contribution in [0.4, 0.5) is 10.2 Å². The van der Waals surface area contributed by atoms with Crippen molar-refractivity contribution in [2.24, 2.45) is 0 Å². The fraction of sp³-hybridized carbons (Fsp3) is 0.167. The number of carbonyl (C=O) groups excluding carboxylic acids is 1. The Kier molecular flexibility index (Phi) is 3.62. The number of halogens is 2. The van der Waals surface area contributed by atoms with E-state index in [-0.39, 0.29) is 10.6 Å². The molecule has 6 heteroatoms. The summed E-state index contributed by atoms with van der Waals surface area (Å²) in [5.74, 6) is -0.711. The van der Waals surface area contributed by atoms with E-state index in [9.17, 15) is 9.18 Å². The Balaban J connectivity index is 2.22. The zero-order valence-electron chi connectivity index (χ0n) is 9.63. The van der Waals surface area contributed by atoms with Gasteiger partial charge in [0.1, 0.15) is 11.6 Å². The van der Waals surface area contributed by atoms with Crippen molar-refractivity contribution in [2.45, 2.75) is 13.3 Å². The van der Waals surface area contributed by atoms with Crippen LogP contribution >= 0.6 is 11.6 Å². The molecule has 1 amide bonds. The summed E-state index contributed by atoms with van der Waals surface area (Å²) in [6.07, 6.45) is 2.34. The van der Waals surface area contributed by atoms with Gasteiger partial charge in [-0.3, -0.25) is 9.89 Å². The normalized spacial score (nSPS) is 10.4. The van der Waals surface area contributed by atoms with Gasteiger partial charge in [0.05, 0.1) is 11.8 Å². The van der Waals surface area contributed by atoms with Gasteiger partial charge in [0, 0.05) is 10.6 Å². The summed E-state index contributed by atoms with van der Waals surface area (Å²) in [7, 11) is 0. The molecule has 1 aromatic carbocycles. The summed E-state index contributed by atoms with van der Waals surface area (Å²) in [6.45, 7) is 1.93. The third kappa shape index (κ3) is 2.51. The third-order valence-corrected chi connectivity index (χ3v) is 2.75. The van der Waals surface area contributed by atoms with E-state index in [4.69, 9.17) is 11.6 Å². The quantitative estimate of drug-likeness (QED) is 0.898. The van der Waals surface area contributed by atoms with Crippen LogP contribution in [0.1, 0.15) is 22.8 Å². The molecule has 0 bridgehead atoms. The van der Waals surface area contributed by atoms with Crippen LogP contribution in [0.2, 0.25) is 5.02 Å². The van der Waals surface area contributed by atoms with Crippen LogP contribution in [0.3, 0.4) is 0 Å². The lowest BCUT2D eigenvalue weighted by Crippen LogP contribution is -2.15. The van der Waals surface area contributed by atoms with Gasteiger partial charge in [-0.1, -0.05) is 18.5 Å². The molecule has 0 aliphatic carbocycles. The smallest absolute Gasteiger partial charge is 0.259 e. The summed E-state index contributed by atoms with van der Waals surface area (Å²) in [5.41, 5.74) is 0.800. The number of amides is 1. The molecular formula is C12H11ClFN3O. The van der Waals surface area contributed by atoms with Crippen molar-refractivity contribution in [3.63, 3.8) is 0 Å². The number of hydrogen-bond acceptors (Lipinski definition) is 2. The zero-order valence-corrected chi connectivity index (χ0v) is 10.4. The minimum Gasteiger partial charge on any atom is -0.307 e. The molecule has 1 heterocycles. The maximum atomic E-state index is 13.5. The summed E-state index contributed by atoms with van der Waals surface area (Å²) < 4.78 is 13.5. The summed E-state index contributed by atoms with van der Waals surface area (Å²) in [6, 6.07) is 3.91. The predicted molar refractivity (Wildman–Crippen MR) is 67.3 cm³/mol. The van der Waals surface area contributed by atoms with E-state index in [2.05, 4.69) is 15.5 Å². The van der Waals surface area contributed by atoms with Gasteiger partial charge in [0.25, 0.3) is 5.91 Å². The molecule has 0 unspecified atom stereocenters. The van der Waals surface area contributed by atoms with Gasteiger partial charge in [-0.15, -0.1) is 0 Å². The Bertz CT molecular complexity index is 582. The summed E-state index contributed by atoms with van der Waals surface area (Å²) in [4.78, 5) is 11.9. The van der Waals surface area contributed by atoms with Crippen LogP contribution in [-0.4, -0.2) is 16.1 Å². The molecule has 2 rings (SSSR count). The van der Waals surface area contributed by atoms with Crippen molar-refractivity contribution in [1.82, 2.24) is 10.2 Å². The first kappa shape index (κ1) is 12.6. The molecule has 0 aliphatic rings. The average Bonchev–Trinajstić information content (AvgIpc) is 2.76. The molecule has 0 saturated heterocycles. The standard InChI is InChI=1S/C12H11ClFN3O/c1-2-7-6-15-17-11(7)16-12(18)9-4-3-8(13)5-10(9)14/h3-6H,2H2,1H3,(H2,15,16,17,18). The second-order valence-electron chi connectivity index (χ2n) is 3.70. The molecule has 4 nitrogen and oxygen atoms in total. The van der Waals surface area contributed by atoms with E-state index in [1.165, 1.54) is 12.1 Å². The Morgan fingerprint density at radius 1 is 1.56 bits per heavy atom. The van der Waals surface area contributed by atoms with Gasteiger partial charge in [-0.2, -0.15) is 5.10 Å². The van der Waals surface area contributed by atoms with Crippen molar-refractivity contribution < 1.29 is 9.18 Å². The number of aromatic nitrogens is 2. The number of aryl methyl sites for hydroxylation is 1. The summed E-state index contributed by atoms with van der Waals surface area (Å²) >= 11 is 5.62. The Morgan fingerprint density at radius 2 is 2.33 bits per heavy atom. The molecule has 94 valence electrons. The largest absolute Gasteiger partial charge is 0.307 e. The molecule has 0 fully saturated rings. The predicted octanol–water partition coefficient (Wildman–Crippen LogP) is 3.02. The lowest BCUT2D eigenvalue weighted by Gasteiger charge is -2.05. The average molecular weight is 268 g/mol. The Hall–Kier alpha value is -1.88. The number of hydrogen-bond donors (Lipinski definition) is 2. The maximum absolute atomic E-state index is 13.5. The van der Waals surface area contributed by atoms with Crippen molar-refractivity contribution in [3.05, 3.63) is 46.4 Å². The van der Waals surface area contributed by atoms with Gasteiger partial charge in [-0.25, -0.2) is 4.39 Å². The number of benzene rings is 1. The van der Waals surface area contributed by atoms with Crippen LogP contribution in [0.5, 0.6) is 0 Å². The minimum atomic E-state index is -0.655. The molecule has 18 heavy (non-hydrogen) atoms. The van der Waals surface area contributed by atoms with Gasteiger partial charge < -0.3 is 5.32 Å². The van der Waals surface area contributed by atoms with Gasteiger partial charge in [0.15, 0.2) is 0 Å². The molecule has 0 saturated carbocycles. The lowest BCUT2D eigenvalue weighted by atomic mass is 10.2. The molecule has 2 N–H and O–H groups in total. The number of nitrogens with zero attached hydrogens (tertiary/aromatic N) is 1. The van der Waals surface area contributed by atoms with Crippen molar-refractivity contribution in [1.29, 1.82) is 0 Å². The first-order chi connectivity index (χ1) is 8.61. The fourth-order valence-corrected chi connectivity index (χ4v) is 1.70. The van der Waals surface area contributed by atoms with Gasteiger partial charge >= 0.3 is 0 Å². The van der Waals surface area contributed by atoms with E-state index >= 15 is 0 Å². The zero-order chi connectivity index (χ0) is 13.1. The number of rotatable bonds is 3. The Labute approximate surface area is 108 Å². The van der Waals surface area contributed by atoms with Crippen molar-refractivity contribution in [2.75, 3.05) is 5.32 Å². The Morgan fingerprint density at radius 3 is 3.00 bits per heavy atom. The van der Waals surface area contributed by atoms with Gasteiger partial charge in [-0.05, 0) is 24.6 Å². The topological polar surface area (TPSA) is 57.8 Å². The number of aromatic amines is 1. The highest BCUT2D eigenvalue weighted by atomic mass is 35.5. The molecule has 0 aliphatic heterocycles. The van der Waals surface area contributed by atoms with E-state index in [1.54, 1.807) is 6.20 Å². The molecule has 1 aromatic heterocycles. The van der Waals surface area contributed by atoms with Crippen LogP contribution in [0.15, 0.2) is 24.4 Å². The van der Waals surface area contributed by atoms with Crippen molar-refractivity contribution >= 4 is 23.3 Å². The lowest BCUT2D eigenvalue weighted by molar-refractivity contribution is 0.102. The minimum absolute atomic E-state index is 0.0592. The number of carbonyl (C=O) groups is 1. The van der Waals surface area contributed by atoms with E-state index in [1.807, 2.05) is 6.92 Å². The van der Waals surface area contributed by atoms with E-state index < -0.39 is 11.7 Å².